The quantitative estimate of drug-likeness (QED) is 0.162. The number of unbranched alkanes of at least 4 members (excludes halogenated alkanes) is 3. The Labute approximate surface area is 193 Å². The number of hydrogen-bond donors (Lipinski definition) is 0. The van der Waals surface area contributed by atoms with Gasteiger partial charge in [-0.1, -0.05) is 0 Å². The van der Waals surface area contributed by atoms with E-state index in [9.17, 15) is 4.79 Å². The van der Waals surface area contributed by atoms with Crippen molar-refractivity contribution in [2.75, 3.05) is 0 Å². The summed E-state index contributed by atoms with van der Waals surface area (Å²) in [5, 5.41) is 0. The molecular weight excluding hydrogens is 491 g/mol. The van der Waals surface area contributed by atoms with Crippen LogP contribution in [-0.2, 0) is 9.53 Å². The van der Waals surface area contributed by atoms with Gasteiger partial charge in [0.25, 0.3) is 0 Å². The first kappa shape index (κ1) is 28.3. The molecule has 1 aliphatic rings. The molecule has 0 aliphatic heterocycles. The third-order valence-corrected chi connectivity index (χ3v) is 33.9. The standard InChI is InChI=1S/C14H25O2Si.3C4H9.Sn/c1-12(15)16-14(10-11-17(2,3)4)13-8-6-5-7-9-13;3*1-3-4-2;/h10,13-14H,5-9H2,1-4H3;3*1,3-4H2,2H3;. The molecule has 0 aromatic carbocycles. The zero-order valence-electron chi connectivity index (χ0n) is 21.4. The van der Waals surface area contributed by atoms with Gasteiger partial charge in [-0.15, -0.1) is 0 Å². The van der Waals surface area contributed by atoms with Crippen LogP contribution in [0.25, 0.3) is 0 Å². The van der Waals surface area contributed by atoms with Crippen LogP contribution in [0.5, 0.6) is 0 Å². The number of ether oxygens (including phenoxy) is 1. The topological polar surface area (TPSA) is 26.3 Å². The summed E-state index contributed by atoms with van der Waals surface area (Å²) in [6.45, 7) is 16.4. The molecule has 1 aliphatic carbocycles. The molecule has 1 unspecified atom stereocenters. The van der Waals surface area contributed by atoms with Gasteiger partial charge in [0.15, 0.2) is 0 Å². The average molecular weight is 543 g/mol. The van der Waals surface area contributed by atoms with Crippen LogP contribution in [0.3, 0.4) is 0 Å². The number of esters is 1. The van der Waals surface area contributed by atoms with Crippen LogP contribution in [0.2, 0.25) is 33.0 Å². The molecule has 0 aromatic rings. The number of hydrogen-bond acceptors (Lipinski definition) is 2. The van der Waals surface area contributed by atoms with Crippen molar-refractivity contribution < 1.29 is 9.53 Å². The summed E-state index contributed by atoms with van der Waals surface area (Å²) in [4.78, 5) is 12.1. The van der Waals surface area contributed by atoms with Gasteiger partial charge in [0.1, 0.15) is 0 Å². The van der Waals surface area contributed by atoms with Crippen molar-refractivity contribution in [3.8, 4) is 0 Å². The van der Waals surface area contributed by atoms with Crippen LogP contribution >= 0.6 is 0 Å². The Morgan fingerprint density at radius 3 is 1.77 bits per heavy atom. The molecule has 0 spiro atoms. The fourth-order valence-electron chi connectivity index (χ4n) is 5.63. The molecule has 176 valence electrons. The molecule has 0 N–H and O–H groups in total. The van der Waals surface area contributed by atoms with Crippen LogP contribution in [0.15, 0.2) is 9.29 Å². The second-order valence-corrected chi connectivity index (χ2v) is 30.5. The zero-order chi connectivity index (χ0) is 22.6. The molecule has 0 saturated heterocycles. The minimum absolute atomic E-state index is 0.0329. The van der Waals surface area contributed by atoms with Crippen molar-refractivity contribution in [3.05, 3.63) is 9.29 Å². The maximum atomic E-state index is 12.1. The zero-order valence-corrected chi connectivity index (χ0v) is 25.3. The Bertz CT molecular complexity index is 496. The molecule has 0 heterocycles. The molecule has 2 nitrogen and oxygen atoms in total. The maximum absolute atomic E-state index is 12.1. The summed E-state index contributed by atoms with van der Waals surface area (Å²) >= 11 is -2.53. The van der Waals surface area contributed by atoms with Gasteiger partial charge in [-0.05, 0) is 0 Å². The van der Waals surface area contributed by atoms with Crippen LogP contribution in [0.4, 0.5) is 0 Å². The van der Waals surface area contributed by atoms with Gasteiger partial charge in [-0.25, -0.2) is 0 Å². The molecule has 1 atom stereocenters. The summed E-state index contributed by atoms with van der Waals surface area (Å²) < 4.78 is 12.5. The van der Waals surface area contributed by atoms with E-state index >= 15 is 0 Å². The molecule has 0 amide bonds. The summed E-state index contributed by atoms with van der Waals surface area (Å²) in [5.74, 6) is 0.453. The third kappa shape index (κ3) is 9.38. The molecule has 4 heteroatoms. The van der Waals surface area contributed by atoms with Gasteiger partial charge in [-0.2, -0.15) is 0 Å². The number of carbonyl (C=O) groups is 1. The first-order valence-corrected chi connectivity index (χ1v) is 24.1. The summed E-state index contributed by atoms with van der Waals surface area (Å²) in [7, 11) is -1.49. The van der Waals surface area contributed by atoms with Crippen molar-refractivity contribution in [1.29, 1.82) is 0 Å². The van der Waals surface area contributed by atoms with Crippen molar-refractivity contribution >= 4 is 32.4 Å². The van der Waals surface area contributed by atoms with E-state index in [-0.39, 0.29) is 12.1 Å². The normalized spacial score (nSPS) is 17.8. The summed E-state index contributed by atoms with van der Waals surface area (Å²) in [6.07, 6.45) is 17.2. The van der Waals surface area contributed by atoms with Crippen molar-refractivity contribution in [2.24, 2.45) is 5.92 Å². The van der Waals surface area contributed by atoms with E-state index in [1.54, 1.807) is 6.92 Å². The third-order valence-electron chi connectivity index (χ3n) is 7.15. The van der Waals surface area contributed by atoms with Crippen molar-refractivity contribution in [2.45, 2.75) is 137 Å². The molecule has 1 saturated carbocycles. The Kier molecular flexibility index (Phi) is 13.6. The van der Waals surface area contributed by atoms with E-state index in [0.29, 0.717) is 5.92 Å². The van der Waals surface area contributed by atoms with Gasteiger partial charge >= 0.3 is 195 Å². The van der Waals surface area contributed by atoms with E-state index in [0.717, 1.165) is 0 Å². The second kappa shape index (κ2) is 14.4. The van der Waals surface area contributed by atoms with E-state index in [1.165, 1.54) is 83.9 Å². The summed E-state index contributed by atoms with van der Waals surface area (Å²) in [6, 6.07) is 0. The molecule has 30 heavy (non-hydrogen) atoms. The SMILES string of the molecule is CCC[CH2][Sn]([CH2]CCC)([CH2]CCC)/[C](=C\C(OC(C)=O)C1CCCCC1)[Si](C)(C)C. The summed E-state index contributed by atoms with van der Waals surface area (Å²) in [5.41, 5.74) is 0. The minimum atomic E-state index is -2.53. The monoisotopic (exact) mass is 544 g/mol. The van der Waals surface area contributed by atoms with E-state index in [2.05, 4.69) is 46.5 Å². The van der Waals surface area contributed by atoms with Crippen molar-refractivity contribution in [3.63, 3.8) is 0 Å². The molecule has 1 fully saturated rings. The van der Waals surface area contributed by atoms with Crippen LogP contribution in [-0.4, -0.2) is 38.5 Å². The second-order valence-electron chi connectivity index (χ2n) is 10.9. The van der Waals surface area contributed by atoms with Crippen LogP contribution in [0.1, 0.15) is 98.3 Å². The Morgan fingerprint density at radius 2 is 1.40 bits per heavy atom. The van der Waals surface area contributed by atoms with Gasteiger partial charge < -0.3 is 0 Å². The number of rotatable bonds is 14. The predicted octanol–water partition coefficient (Wildman–Crippen LogP) is 8.69. The predicted molar refractivity (Wildman–Crippen MR) is 138 cm³/mol. The molecule has 0 aromatic heterocycles. The van der Waals surface area contributed by atoms with Gasteiger partial charge in [0.05, 0.1) is 0 Å². The van der Waals surface area contributed by atoms with Gasteiger partial charge in [-0.3, -0.25) is 0 Å². The molecule has 0 bridgehead atoms. The van der Waals surface area contributed by atoms with Gasteiger partial charge in [0.2, 0.25) is 0 Å². The van der Waals surface area contributed by atoms with Gasteiger partial charge in [0, 0.05) is 0 Å². The molecule has 1 rings (SSSR count). The van der Waals surface area contributed by atoms with Crippen LogP contribution < -0.4 is 0 Å². The van der Waals surface area contributed by atoms with Crippen LogP contribution in [0, 0.1) is 5.92 Å². The number of carbonyl (C=O) groups excluding carboxylic acids is 1. The fourth-order valence-corrected chi connectivity index (χ4v) is 38.8. The van der Waals surface area contributed by atoms with E-state index in [4.69, 9.17) is 4.74 Å². The molecule has 0 radical (unpaired) electrons. The van der Waals surface area contributed by atoms with E-state index < -0.39 is 26.5 Å². The molecular formula is C26H52O2SiSn. The van der Waals surface area contributed by atoms with E-state index in [1.807, 2.05) is 3.21 Å². The Morgan fingerprint density at radius 1 is 0.933 bits per heavy atom. The Hall–Kier alpha value is 0.226. The average Bonchev–Trinajstić information content (AvgIpc) is 2.70. The fraction of sp³-hybridized carbons (Fsp3) is 0.885. The Balaban J connectivity index is 3.47. The van der Waals surface area contributed by atoms with Crippen molar-refractivity contribution in [1.82, 2.24) is 0 Å². The first-order valence-electron chi connectivity index (χ1n) is 13.1. The first-order chi connectivity index (χ1) is 14.2.